The van der Waals surface area contributed by atoms with Crippen LogP contribution in [0.3, 0.4) is 0 Å². The van der Waals surface area contributed by atoms with Gasteiger partial charge in [0.1, 0.15) is 18.4 Å². The third kappa shape index (κ3) is 6.47. The molecule has 42 heavy (non-hydrogen) atoms. The number of anilines is 1. The van der Waals surface area contributed by atoms with E-state index in [1.54, 1.807) is 39.0 Å². The van der Waals surface area contributed by atoms with Gasteiger partial charge < -0.3 is 29.6 Å². The fourth-order valence-corrected chi connectivity index (χ4v) is 5.69. The number of hydrogen-bond acceptors (Lipinski definition) is 12. The third-order valence-electron chi connectivity index (χ3n) is 6.13. The molecule has 230 valence electrons. The van der Waals surface area contributed by atoms with Crippen LogP contribution in [0, 0.1) is 0 Å². The highest BCUT2D eigenvalue weighted by Gasteiger charge is 2.65. The summed E-state index contributed by atoms with van der Waals surface area (Å²) >= 11 is 0. The van der Waals surface area contributed by atoms with E-state index in [1.807, 2.05) is 0 Å². The number of nitrogens with one attached hydrogen (secondary N) is 1. The maximum absolute atomic E-state index is 16.2. The summed E-state index contributed by atoms with van der Waals surface area (Å²) in [6, 6.07) is 6.50. The number of aromatic nitrogens is 4. The minimum absolute atomic E-state index is 0.0166. The van der Waals surface area contributed by atoms with Crippen LogP contribution in [0.1, 0.15) is 40.8 Å². The molecule has 1 saturated heterocycles. The molecule has 0 spiro atoms. The summed E-state index contributed by atoms with van der Waals surface area (Å²) in [6.07, 6.45) is -3.66. The van der Waals surface area contributed by atoms with Crippen LogP contribution in [-0.4, -0.2) is 73.6 Å². The van der Waals surface area contributed by atoms with E-state index in [4.69, 9.17) is 29.0 Å². The first-order valence-electron chi connectivity index (χ1n) is 13.0. The molecule has 3 aromatic rings. The van der Waals surface area contributed by atoms with Crippen molar-refractivity contribution in [3.05, 3.63) is 36.7 Å². The number of nitrogen functional groups attached to an aromatic ring is 1. The van der Waals surface area contributed by atoms with Crippen molar-refractivity contribution in [2.24, 2.45) is 0 Å². The standard InChI is InChI=1S/C25H33F2N6O8P/c1-6-37-19-17-18(30-23(28)31-19)33(13-29-17)22-24(5,26)21(35)25(27,40-22)12-38-42(36,41-16-10-8-7-9-11-16)32-15(4)20(34)39-14(2)3/h7-11,13-15,21-22,35H,6,12H2,1-5H3,(H,32,36)(H2,28,30,31)/t15-,21-,22?,24+,25+,42?/m0/s1. The Bertz CT molecular complexity index is 1460. The Balaban J connectivity index is 1.61. The van der Waals surface area contributed by atoms with E-state index < -0.39 is 56.3 Å². The number of carbonyl (C=O) groups excluding carboxylic acids is 1. The molecule has 0 radical (unpaired) electrons. The van der Waals surface area contributed by atoms with Gasteiger partial charge in [0.25, 0.3) is 5.85 Å². The zero-order chi connectivity index (χ0) is 30.9. The van der Waals surface area contributed by atoms with Gasteiger partial charge in [0.15, 0.2) is 29.2 Å². The van der Waals surface area contributed by atoms with Crippen LogP contribution in [0.25, 0.3) is 11.2 Å². The quantitative estimate of drug-likeness (QED) is 0.200. The smallest absolute Gasteiger partial charge is 0.459 e. The molecule has 0 amide bonds. The number of carbonyl (C=O) groups is 1. The number of alkyl halides is 2. The van der Waals surface area contributed by atoms with Gasteiger partial charge in [-0.2, -0.15) is 15.1 Å². The average molecular weight is 615 g/mol. The number of benzene rings is 1. The average Bonchev–Trinajstić information content (AvgIpc) is 3.40. The van der Waals surface area contributed by atoms with Crippen molar-refractivity contribution in [3.8, 4) is 11.6 Å². The number of aliphatic hydroxyl groups excluding tert-OH is 1. The number of ether oxygens (including phenoxy) is 3. The summed E-state index contributed by atoms with van der Waals surface area (Å²) in [6.45, 7) is 6.14. The molecule has 1 aromatic carbocycles. The van der Waals surface area contributed by atoms with E-state index >= 15 is 8.78 Å². The highest BCUT2D eigenvalue weighted by atomic mass is 31.2. The second-order valence-electron chi connectivity index (χ2n) is 9.97. The van der Waals surface area contributed by atoms with Crippen molar-refractivity contribution in [1.82, 2.24) is 24.6 Å². The molecule has 0 aliphatic carbocycles. The van der Waals surface area contributed by atoms with Crippen molar-refractivity contribution in [1.29, 1.82) is 0 Å². The molecule has 17 heteroatoms. The Hall–Kier alpha value is -3.43. The van der Waals surface area contributed by atoms with Crippen LogP contribution in [0.15, 0.2) is 36.7 Å². The molecule has 4 N–H and O–H groups in total. The molecular formula is C25H33F2N6O8P. The first kappa shape index (κ1) is 31.5. The molecule has 0 bridgehead atoms. The molecule has 2 unspecified atom stereocenters. The van der Waals surface area contributed by atoms with Crippen LogP contribution in [0.5, 0.6) is 11.6 Å². The first-order valence-corrected chi connectivity index (χ1v) is 14.6. The second-order valence-corrected chi connectivity index (χ2v) is 11.7. The fraction of sp³-hybridized carbons (Fsp3) is 0.520. The first-order chi connectivity index (χ1) is 19.7. The number of esters is 1. The summed E-state index contributed by atoms with van der Waals surface area (Å²) in [7, 11) is -4.58. The number of nitrogens with zero attached hydrogens (tertiary/aromatic N) is 4. The lowest BCUT2D eigenvalue weighted by atomic mass is 9.97. The van der Waals surface area contributed by atoms with Gasteiger partial charge >= 0.3 is 13.7 Å². The topological polar surface area (TPSA) is 182 Å². The number of hydrogen-bond donors (Lipinski definition) is 3. The Labute approximate surface area is 240 Å². The maximum atomic E-state index is 16.2. The van der Waals surface area contributed by atoms with Crippen LogP contribution in [0.4, 0.5) is 14.7 Å². The van der Waals surface area contributed by atoms with Crippen LogP contribution >= 0.6 is 7.75 Å². The van der Waals surface area contributed by atoms with Crippen molar-refractivity contribution in [3.63, 3.8) is 0 Å². The van der Waals surface area contributed by atoms with E-state index in [-0.39, 0.29) is 35.3 Å². The number of halogens is 2. The fourth-order valence-electron chi connectivity index (χ4n) is 4.19. The molecule has 2 aromatic heterocycles. The zero-order valence-corrected chi connectivity index (χ0v) is 24.5. The van der Waals surface area contributed by atoms with Crippen LogP contribution in [0.2, 0.25) is 0 Å². The summed E-state index contributed by atoms with van der Waals surface area (Å²) < 4.78 is 73.7. The van der Waals surface area contributed by atoms with Crippen molar-refractivity contribution in [2.75, 3.05) is 18.9 Å². The van der Waals surface area contributed by atoms with E-state index in [9.17, 15) is 14.5 Å². The van der Waals surface area contributed by atoms with Crippen LogP contribution < -0.4 is 20.1 Å². The number of fused-ring (bicyclic) bond motifs is 1. The third-order valence-corrected chi connectivity index (χ3v) is 7.75. The predicted octanol–water partition coefficient (Wildman–Crippen LogP) is 3.22. The van der Waals surface area contributed by atoms with Gasteiger partial charge in [0.2, 0.25) is 11.8 Å². The number of rotatable bonds is 12. The van der Waals surface area contributed by atoms with Crippen molar-refractivity contribution in [2.45, 2.75) is 70.6 Å². The Morgan fingerprint density at radius 1 is 1.26 bits per heavy atom. The molecule has 0 saturated carbocycles. The van der Waals surface area contributed by atoms with Crippen molar-refractivity contribution >= 4 is 30.8 Å². The number of imidazole rings is 1. The molecule has 4 rings (SSSR count). The van der Waals surface area contributed by atoms with E-state index in [0.29, 0.717) is 0 Å². The highest BCUT2D eigenvalue weighted by molar-refractivity contribution is 7.52. The molecule has 1 fully saturated rings. The molecule has 1 aliphatic heterocycles. The van der Waals surface area contributed by atoms with Gasteiger partial charge in [-0.3, -0.25) is 13.9 Å². The normalized spacial score (nSPS) is 26.2. The summed E-state index contributed by atoms with van der Waals surface area (Å²) in [4.78, 5) is 24.5. The number of nitrogens with two attached hydrogens (primary N) is 1. The van der Waals surface area contributed by atoms with Gasteiger partial charge in [0, 0.05) is 0 Å². The molecule has 3 heterocycles. The van der Waals surface area contributed by atoms with E-state index in [1.165, 1.54) is 19.1 Å². The minimum Gasteiger partial charge on any atom is -0.476 e. The van der Waals surface area contributed by atoms with Crippen LogP contribution in [-0.2, 0) is 23.4 Å². The number of aliphatic hydroxyl groups is 1. The largest absolute Gasteiger partial charge is 0.476 e. The second kappa shape index (κ2) is 12.1. The zero-order valence-electron chi connectivity index (χ0n) is 23.6. The highest BCUT2D eigenvalue weighted by Crippen LogP contribution is 2.52. The van der Waals surface area contributed by atoms with Gasteiger partial charge in [-0.25, -0.2) is 18.3 Å². The Kier molecular flexibility index (Phi) is 9.04. The lowest BCUT2D eigenvalue weighted by Gasteiger charge is -2.28. The Morgan fingerprint density at radius 3 is 2.60 bits per heavy atom. The number of para-hydroxylation sites is 1. The molecular weight excluding hydrogens is 581 g/mol. The lowest BCUT2D eigenvalue weighted by molar-refractivity contribution is -0.202. The van der Waals surface area contributed by atoms with Gasteiger partial charge in [0.05, 0.1) is 19.0 Å². The van der Waals surface area contributed by atoms with E-state index in [0.717, 1.165) is 17.8 Å². The van der Waals surface area contributed by atoms with Crippen molar-refractivity contribution < 1.29 is 46.5 Å². The Morgan fingerprint density at radius 2 is 1.95 bits per heavy atom. The SMILES string of the molecule is CCOc1nc(N)nc2c1ncn2C1O[C@](F)(COP(=O)(N[C@@H](C)C(=O)OC(C)C)Oc2ccccc2)[C@@H](O)[C@@]1(C)F. The van der Waals surface area contributed by atoms with Gasteiger partial charge in [-0.15, -0.1) is 0 Å². The van der Waals surface area contributed by atoms with Gasteiger partial charge in [-0.05, 0) is 46.8 Å². The summed E-state index contributed by atoms with van der Waals surface area (Å²) in [5, 5.41) is 13.2. The van der Waals surface area contributed by atoms with E-state index in [2.05, 4.69) is 20.0 Å². The summed E-state index contributed by atoms with van der Waals surface area (Å²) in [5.74, 6) is -4.20. The maximum Gasteiger partial charge on any atom is 0.459 e. The predicted molar refractivity (Wildman–Crippen MR) is 145 cm³/mol. The van der Waals surface area contributed by atoms with Gasteiger partial charge in [-0.1, -0.05) is 18.2 Å². The molecule has 6 atom stereocenters. The lowest BCUT2D eigenvalue weighted by Crippen LogP contribution is -2.47. The monoisotopic (exact) mass is 614 g/mol. The molecule has 1 aliphatic rings. The minimum atomic E-state index is -4.58. The summed E-state index contributed by atoms with van der Waals surface area (Å²) in [5.41, 5.74) is 3.03. The molecule has 14 nitrogen and oxygen atoms in total.